The van der Waals surface area contributed by atoms with Crippen LogP contribution in [0.3, 0.4) is 0 Å². The van der Waals surface area contributed by atoms with Crippen molar-refractivity contribution < 1.29 is 56.4 Å². The van der Waals surface area contributed by atoms with Gasteiger partial charge in [0.15, 0.2) is 35.8 Å². The number of nitrogens with one attached hydrogen (secondary N) is 11. The molecule has 0 fully saturated rings. The second-order valence-electron chi connectivity index (χ2n) is 24.7. The predicted molar refractivity (Wildman–Crippen MR) is 409 cm³/mol. The van der Waals surface area contributed by atoms with Gasteiger partial charge in [0.05, 0.1) is 18.0 Å². The van der Waals surface area contributed by atoms with Crippen LogP contribution >= 0.6 is 0 Å². The Morgan fingerprint density at radius 2 is 0.759 bits per heavy atom. The van der Waals surface area contributed by atoms with Gasteiger partial charge in [0, 0.05) is 88.5 Å². The summed E-state index contributed by atoms with van der Waals surface area (Å²) in [6.45, 7) is -0.164. The topological polar surface area (TPSA) is 788 Å². The zero-order valence-electron chi connectivity index (χ0n) is 60.9. The number of carbonyl (C=O) groups is 10. The lowest BCUT2D eigenvalue weighted by Crippen LogP contribution is -2.59. The Bertz CT molecular complexity index is 3500. The average Bonchev–Trinajstić information content (AvgIpc) is 0.802. The molecule has 0 aliphatic carbocycles. The first kappa shape index (κ1) is 92.9. The number of aromatic nitrogens is 1. The van der Waals surface area contributed by atoms with Crippen LogP contribution in [0, 0.1) is 0 Å². The standard InChI is InChI=1S/C63H114N32O12S/c64-24-4-3-14-41(90-50(98)37-79-36-49(97)80-33-34-88-108(106,107)47-21-6-13-38-35-78-32-23-39(38)47)52(100)81-25-5-1-2-22-48(96)89-42(16-8-27-83-59(68)69)53(101)92-44(18-10-29-85-61(72)73)55(103)94-46(20-12-31-87-63(76)77)57(105)95-45(19-11-30-86-62(74)75)56(104)93-43(17-9-28-84-60(70)71)54(102)91-40(51(65)99)15-7-26-82-58(66)67/h6,13,21,23,32,35,40-46,79,88H,1-5,7-12,14-20,22,24-31,33-34,36-37,64H2,(H2,65,99)(H,80,97)(H,81,100)(H,89,96)(H,90,98)(H,91,102)(H,92,101)(H,93,104)(H,94,103)(H,95,105)(H4,66,67,82)(H4,68,69,83)(H4,70,71,84)(H4,72,73,85)(H4,74,75,86)(H4,76,77,87)/t40-,41-,42-,43-,44-,45-,46-/m1/s1. The molecule has 45 heteroatoms. The number of pyridine rings is 1. The van der Waals surface area contributed by atoms with Gasteiger partial charge >= 0.3 is 0 Å². The van der Waals surface area contributed by atoms with Gasteiger partial charge < -0.3 is 128 Å². The highest BCUT2D eigenvalue weighted by molar-refractivity contribution is 7.89. The van der Waals surface area contributed by atoms with E-state index in [0.717, 1.165) is 0 Å². The van der Waals surface area contributed by atoms with Crippen LogP contribution in [-0.2, 0) is 58.0 Å². The summed E-state index contributed by atoms with van der Waals surface area (Å²) in [6, 6.07) is -2.86. The maximum absolute atomic E-state index is 14.6. The molecule has 0 saturated heterocycles. The van der Waals surface area contributed by atoms with Gasteiger partial charge in [-0.05, 0) is 128 Å². The van der Waals surface area contributed by atoms with Gasteiger partial charge in [0.2, 0.25) is 69.1 Å². The summed E-state index contributed by atoms with van der Waals surface area (Å²) in [5.41, 5.74) is 77.8. The zero-order valence-corrected chi connectivity index (χ0v) is 61.8. The van der Waals surface area contributed by atoms with E-state index in [2.05, 4.69) is 92.8 Å². The lowest BCUT2D eigenvalue weighted by atomic mass is 10.0. The number of sulfonamides is 1. The first-order valence-corrected chi connectivity index (χ1v) is 36.8. The summed E-state index contributed by atoms with van der Waals surface area (Å²) in [5, 5.41) is 27.8. The SMILES string of the molecule is NCCCC[C@@H](NC(=O)CNCC(=O)NCCNS(=O)(=O)c1cccc2cnccc12)C(=O)NCCCCCC(=O)N[C@H](CCCN=C(N)N)C(=O)N[C@H](CCCN=C(N)N)C(=O)N[C@H](CCCN=C(N)N)C(=O)N[C@H](CCCN=C(N)N)C(=O)N[C@H](CCCN=C(N)N)C(=O)N[C@H](CCCN=C(N)N)C(N)=O. The third-order valence-corrected chi connectivity index (χ3v) is 17.3. The number of hydrogen-bond acceptors (Lipinski definition) is 21. The normalized spacial score (nSPS) is 12.9. The first-order valence-electron chi connectivity index (χ1n) is 35.3. The van der Waals surface area contributed by atoms with Gasteiger partial charge in [-0.15, -0.1) is 0 Å². The van der Waals surface area contributed by atoms with E-state index in [0.29, 0.717) is 43.0 Å². The lowest BCUT2D eigenvalue weighted by Gasteiger charge is -2.27. The molecule has 44 nitrogen and oxygen atoms in total. The molecule has 10 amide bonds. The number of fused-ring (bicyclic) bond motifs is 1. The smallest absolute Gasteiger partial charge is 0.243 e. The van der Waals surface area contributed by atoms with Crippen molar-refractivity contribution in [3.05, 3.63) is 36.7 Å². The highest BCUT2D eigenvalue weighted by Gasteiger charge is 2.34. The predicted octanol–water partition coefficient (Wildman–Crippen LogP) is -9.77. The molecule has 1 heterocycles. The van der Waals surface area contributed by atoms with Gasteiger partial charge in [-0.2, -0.15) is 0 Å². The minimum atomic E-state index is -3.92. The van der Waals surface area contributed by atoms with E-state index in [4.69, 9.17) is 80.3 Å². The van der Waals surface area contributed by atoms with Gasteiger partial charge in [-0.1, -0.05) is 18.6 Å². The number of rotatable bonds is 57. The fourth-order valence-electron chi connectivity index (χ4n) is 10.4. The number of benzene rings is 1. The third kappa shape index (κ3) is 41.5. The van der Waals surface area contributed by atoms with Crippen molar-refractivity contribution in [1.29, 1.82) is 0 Å². The minimum Gasteiger partial charge on any atom is -0.370 e. The first-order chi connectivity index (χ1) is 51.3. The van der Waals surface area contributed by atoms with Crippen molar-refractivity contribution in [3.8, 4) is 0 Å². The molecule has 0 bridgehead atoms. The Kier molecular flexibility index (Phi) is 45.3. The van der Waals surface area contributed by atoms with Crippen LogP contribution in [0.4, 0.5) is 0 Å². The summed E-state index contributed by atoms with van der Waals surface area (Å²) < 4.78 is 28.5. The minimum absolute atomic E-state index is 0.0101. The van der Waals surface area contributed by atoms with Crippen LogP contribution < -0.4 is 138 Å². The van der Waals surface area contributed by atoms with E-state index >= 15 is 0 Å². The fourth-order valence-corrected chi connectivity index (χ4v) is 11.6. The number of guanidine groups is 6. The molecule has 0 saturated carbocycles. The van der Waals surface area contributed by atoms with Gasteiger partial charge in [0.1, 0.15) is 42.3 Å². The van der Waals surface area contributed by atoms with Crippen LogP contribution in [0.5, 0.6) is 0 Å². The summed E-state index contributed by atoms with van der Waals surface area (Å²) in [4.78, 5) is 165. The largest absolute Gasteiger partial charge is 0.370 e. The highest BCUT2D eigenvalue weighted by atomic mass is 32.2. The molecule has 1 aromatic heterocycles. The zero-order chi connectivity index (χ0) is 80.4. The third-order valence-electron chi connectivity index (χ3n) is 15.7. The molecule has 0 spiro atoms. The summed E-state index contributed by atoms with van der Waals surface area (Å²) in [6.07, 6.45) is 5.56. The van der Waals surface area contributed by atoms with E-state index < -0.39 is 111 Å². The van der Waals surface area contributed by atoms with Crippen molar-refractivity contribution >= 4 is 116 Å². The number of hydrogen-bond donors (Lipinski definition) is 25. The summed E-state index contributed by atoms with van der Waals surface area (Å²) >= 11 is 0. The van der Waals surface area contributed by atoms with Crippen molar-refractivity contribution in [3.63, 3.8) is 0 Å². The Labute approximate surface area is 627 Å². The molecule has 604 valence electrons. The molecular weight excluding hydrogens is 1430 g/mol. The number of unbranched alkanes of at least 4 members (excludes halogenated alkanes) is 3. The quantitative estimate of drug-likeness (QED) is 0.0166. The molecular formula is C63H114N32O12S. The lowest BCUT2D eigenvalue weighted by molar-refractivity contribution is -0.135. The van der Waals surface area contributed by atoms with E-state index in [-0.39, 0.29) is 209 Å². The molecule has 0 aliphatic rings. The molecule has 7 atom stereocenters. The Morgan fingerprint density at radius 1 is 0.380 bits per heavy atom. The number of primary amides is 1. The van der Waals surface area contributed by atoms with Crippen molar-refractivity contribution in [2.45, 2.75) is 169 Å². The number of nitrogens with zero attached hydrogens (tertiary/aromatic N) is 7. The maximum Gasteiger partial charge on any atom is 0.243 e. The summed E-state index contributed by atoms with van der Waals surface area (Å²) in [5.74, 6) is -8.88. The van der Waals surface area contributed by atoms with E-state index in [9.17, 15) is 56.4 Å². The fraction of sp³-hybridized carbons (Fsp3) is 0.603. The van der Waals surface area contributed by atoms with Crippen molar-refractivity contribution in [1.82, 2.24) is 62.9 Å². The molecule has 0 aliphatic heterocycles. The molecule has 0 unspecified atom stereocenters. The van der Waals surface area contributed by atoms with Gasteiger partial charge in [-0.3, -0.25) is 88.2 Å². The summed E-state index contributed by atoms with van der Waals surface area (Å²) in [7, 11) is -3.92. The average molecular weight is 1540 g/mol. The molecule has 2 aromatic rings. The molecule has 108 heavy (non-hydrogen) atoms. The van der Waals surface area contributed by atoms with E-state index in [1.54, 1.807) is 24.4 Å². The molecule has 0 radical (unpaired) electrons. The second-order valence-corrected chi connectivity index (χ2v) is 26.5. The number of carbonyl (C=O) groups excluding carboxylic acids is 10. The van der Waals surface area contributed by atoms with Gasteiger partial charge in [0.25, 0.3) is 0 Å². The van der Waals surface area contributed by atoms with E-state index in [1.165, 1.54) is 12.3 Å². The number of amides is 10. The van der Waals surface area contributed by atoms with Crippen LogP contribution in [0.1, 0.15) is 122 Å². The van der Waals surface area contributed by atoms with Crippen LogP contribution in [0.15, 0.2) is 71.5 Å². The van der Waals surface area contributed by atoms with Crippen molar-refractivity contribution in [2.24, 2.45) is 110 Å². The Hall–Kier alpha value is -11.2. The second kappa shape index (κ2) is 52.7. The Balaban J connectivity index is 2.27. The molecule has 2 rings (SSSR count). The van der Waals surface area contributed by atoms with Crippen LogP contribution in [0.25, 0.3) is 10.8 Å². The van der Waals surface area contributed by atoms with E-state index in [1.807, 2.05) is 0 Å². The van der Waals surface area contributed by atoms with Crippen LogP contribution in [0.2, 0.25) is 0 Å². The number of nitrogens with two attached hydrogens (primary N) is 14. The highest BCUT2D eigenvalue weighted by Crippen LogP contribution is 2.22. The van der Waals surface area contributed by atoms with Crippen molar-refractivity contribution in [2.75, 3.05) is 78.5 Å². The number of aliphatic imine (C=N–C) groups is 6. The maximum atomic E-state index is 14.6. The molecule has 39 N–H and O–H groups in total. The Morgan fingerprint density at radius 3 is 1.18 bits per heavy atom. The van der Waals surface area contributed by atoms with Gasteiger partial charge in [-0.25, -0.2) is 13.1 Å². The van der Waals surface area contributed by atoms with Crippen LogP contribution in [-0.4, -0.2) is 229 Å². The monoisotopic (exact) mass is 1540 g/mol. The molecule has 1 aromatic carbocycles.